The molecule has 1 rings (SSSR count). The second-order valence-corrected chi connectivity index (χ2v) is 3.53. The zero-order chi connectivity index (χ0) is 8.27. The Morgan fingerprint density at radius 1 is 1.27 bits per heavy atom. The number of aromatic nitrogens is 1. The molecule has 1 aromatic rings. The molecule has 0 aliphatic rings. The number of pyridine rings is 1. The predicted molar refractivity (Wildman–Crippen MR) is 50.8 cm³/mol. The van der Waals surface area contributed by atoms with Gasteiger partial charge in [-0.05, 0) is 23.6 Å². The van der Waals surface area contributed by atoms with Crippen LogP contribution in [0.3, 0.4) is 0 Å². The fourth-order valence-electron chi connectivity index (χ4n) is 0.946. The van der Waals surface area contributed by atoms with Gasteiger partial charge in [0.15, 0.2) is 0 Å². The lowest BCUT2D eigenvalue weighted by Gasteiger charge is -2.13. The maximum atomic E-state index is 4.49. The van der Waals surface area contributed by atoms with Crippen molar-refractivity contribution in [2.24, 2.45) is 5.92 Å². The molecule has 0 aliphatic heterocycles. The third-order valence-electron chi connectivity index (χ3n) is 1.68. The van der Waals surface area contributed by atoms with E-state index in [-0.39, 0.29) is 0 Å². The van der Waals surface area contributed by atoms with E-state index in [1.165, 1.54) is 5.56 Å². The van der Waals surface area contributed by atoms with Crippen LogP contribution in [0.25, 0.3) is 0 Å². The van der Waals surface area contributed by atoms with Crippen molar-refractivity contribution < 1.29 is 0 Å². The Labute approximate surface area is 73.3 Å². The minimum atomic E-state index is 0.331. The third kappa shape index (κ3) is 2.22. The van der Waals surface area contributed by atoms with E-state index >= 15 is 0 Å². The first-order valence-corrected chi connectivity index (χ1v) is 4.31. The molecule has 0 fully saturated rings. The summed E-state index contributed by atoms with van der Waals surface area (Å²) >= 11 is 4.49. The van der Waals surface area contributed by atoms with E-state index in [0.717, 1.165) is 0 Å². The molecule has 0 aromatic carbocycles. The van der Waals surface area contributed by atoms with Gasteiger partial charge in [0.25, 0.3) is 0 Å². The smallest absolute Gasteiger partial charge is 0.0291 e. The summed E-state index contributed by atoms with van der Waals surface area (Å²) < 4.78 is 0. The van der Waals surface area contributed by atoms with Crippen molar-refractivity contribution in [3.8, 4) is 0 Å². The second-order valence-electron chi connectivity index (χ2n) is 2.97. The van der Waals surface area contributed by atoms with Crippen molar-refractivity contribution in [1.82, 2.24) is 4.98 Å². The van der Waals surface area contributed by atoms with E-state index in [2.05, 4.69) is 31.5 Å². The molecule has 1 heterocycles. The molecule has 0 aliphatic carbocycles. The predicted octanol–water partition coefficient (Wildman–Crippen LogP) is 2.71. The number of rotatable bonds is 2. The van der Waals surface area contributed by atoms with E-state index < -0.39 is 0 Å². The lowest BCUT2D eigenvalue weighted by atomic mass is 10.0. The van der Waals surface area contributed by atoms with Crippen LogP contribution in [0.15, 0.2) is 24.5 Å². The van der Waals surface area contributed by atoms with Crippen molar-refractivity contribution in [2.75, 3.05) is 0 Å². The highest BCUT2D eigenvalue weighted by Crippen LogP contribution is 2.26. The molecule has 0 bridgehead atoms. The van der Waals surface area contributed by atoms with E-state index in [0.29, 0.717) is 11.2 Å². The highest BCUT2D eigenvalue weighted by Gasteiger charge is 2.09. The Morgan fingerprint density at radius 2 is 1.82 bits per heavy atom. The fraction of sp³-hybridized carbons (Fsp3) is 0.444. The molecule has 0 amide bonds. The van der Waals surface area contributed by atoms with Gasteiger partial charge in [-0.1, -0.05) is 13.8 Å². The molecule has 1 nitrogen and oxygen atoms in total. The number of hydrogen-bond donors (Lipinski definition) is 1. The molecule has 11 heavy (non-hydrogen) atoms. The van der Waals surface area contributed by atoms with Crippen LogP contribution in [0, 0.1) is 5.92 Å². The van der Waals surface area contributed by atoms with Crippen LogP contribution in [-0.2, 0) is 0 Å². The zero-order valence-corrected chi connectivity index (χ0v) is 7.75. The van der Waals surface area contributed by atoms with Crippen LogP contribution in [0.4, 0.5) is 0 Å². The van der Waals surface area contributed by atoms with E-state index in [4.69, 9.17) is 0 Å². The summed E-state index contributed by atoms with van der Waals surface area (Å²) in [7, 11) is 0. The van der Waals surface area contributed by atoms with Gasteiger partial charge in [-0.25, -0.2) is 0 Å². The molecular formula is C9H13NS. The first kappa shape index (κ1) is 8.60. The Kier molecular flexibility index (Phi) is 2.94. The minimum Gasteiger partial charge on any atom is -0.265 e. The average Bonchev–Trinajstić information content (AvgIpc) is 2.05. The zero-order valence-electron chi connectivity index (χ0n) is 6.86. The molecule has 1 unspecified atom stereocenters. The second kappa shape index (κ2) is 3.77. The van der Waals surface area contributed by atoms with Gasteiger partial charge in [0.05, 0.1) is 0 Å². The van der Waals surface area contributed by atoms with Crippen LogP contribution in [0.1, 0.15) is 24.7 Å². The average molecular weight is 167 g/mol. The van der Waals surface area contributed by atoms with Crippen LogP contribution in [0.5, 0.6) is 0 Å². The Hall–Kier alpha value is -0.500. The summed E-state index contributed by atoms with van der Waals surface area (Å²) in [5.41, 5.74) is 1.25. The van der Waals surface area contributed by atoms with Gasteiger partial charge in [0.1, 0.15) is 0 Å². The monoisotopic (exact) mass is 167 g/mol. The molecule has 0 N–H and O–H groups in total. The van der Waals surface area contributed by atoms with E-state index in [9.17, 15) is 0 Å². The van der Waals surface area contributed by atoms with Gasteiger partial charge < -0.3 is 0 Å². The van der Waals surface area contributed by atoms with Crippen molar-refractivity contribution >= 4 is 12.6 Å². The molecule has 0 saturated heterocycles. The van der Waals surface area contributed by atoms with E-state index in [1.807, 2.05) is 12.1 Å². The highest BCUT2D eigenvalue weighted by molar-refractivity contribution is 7.80. The molecule has 60 valence electrons. The van der Waals surface area contributed by atoms with Crippen LogP contribution >= 0.6 is 12.6 Å². The standard InChI is InChI=1S/C9H13NS/c1-7(2)9(11)8-3-5-10-6-4-8/h3-7,9,11H,1-2H3. The quantitative estimate of drug-likeness (QED) is 0.668. The van der Waals surface area contributed by atoms with Gasteiger partial charge in [-0.2, -0.15) is 12.6 Å². The SMILES string of the molecule is CC(C)C(S)c1ccncc1. The van der Waals surface area contributed by atoms with Crippen LogP contribution in [0.2, 0.25) is 0 Å². The van der Waals surface area contributed by atoms with E-state index in [1.54, 1.807) is 12.4 Å². The molecule has 0 saturated carbocycles. The molecule has 0 radical (unpaired) electrons. The normalized spacial score (nSPS) is 13.5. The maximum Gasteiger partial charge on any atom is 0.0291 e. The number of thiol groups is 1. The fourth-order valence-corrected chi connectivity index (χ4v) is 1.12. The summed E-state index contributed by atoms with van der Waals surface area (Å²) in [4.78, 5) is 3.95. The van der Waals surface area contributed by atoms with Crippen LogP contribution < -0.4 is 0 Å². The summed E-state index contributed by atoms with van der Waals surface area (Å²) in [5, 5.41) is 0.331. The van der Waals surface area contributed by atoms with Crippen molar-refractivity contribution in [3.05, 3.63) is 30.1 Å². The minimum absolute atomic E-state index is 0.331. The molecule has 0 spiro atoms. The first-order valence-electron chi connectivity index (χ1n) is 3.80. The summed E-state index contributed by atoms with van der Waals surface area (Å²) in [6, 6.07) is 4.02. The largest absolute Gasteiger partial charge is 0.265 e. The third-order valence-corrected chi connectivity index (χ3v) is 2.57. The number of nitrogens with zero attached hydrogens (tertiary/aromatic N) is 1. The summed E-state index contributed by atoms with van der Waals surface area (Å²) in [5.74, 6) is 0.570. The van der Waals surface area contributed by atoms with Gasteiger partial charge in [0, 0.05) is 17.6 Å². The van der Waals surface area contributed by atoms with Crippen LogP contribution in [-0.4, -0.2) is 4.98 Å². The van der Waals surface area contributed by atoms with Gasteiger partial charge in [-0.15, -0.1) is 0 Å². The topological polar surface area (TPSA) is 12.9 Å². The van der Waals surface area contributed by atoms with Gasteiger partial charge >= 0.3 is 0 Å². The molecule has 2 heteroatoms. The van der Waals surface area contributed by atoms with Crippen molar-refractivity contribution in [1.29, 1.82) is 0 Å². The molecule has 1 atom stereocenters. The van der Waals surface area contributed by atoms with Gasteiger partial charge in [-0.3, -0.25) is 4.98 Å². The lowest BCUT2D eigenvalue weighted by Crippen LogP contribution is -1.98. The molecular weight excluding hydrogens is 154 g/mol. The number of hydrogen-bond acceptors (Lipinski definition) is 2. The summed E-state index contributed by atoms with van der Waals surface area (Å²) in [6.45, 7) is 4.33. The lowest BCUT2D eigenvalue weighted by molar-refractivity contribution is 0.635. The van der Waals surface area contributed by atoms with Crippen molar-refractivity contribution in [3.63, 3.8) is 0 Å². The maximum absolute atomic E-state index is 4.49. The summed E-state index contributed by atoms with van der Waals surface area (Å²) in [6.07, 6.45) is 3.61. The van der Waals surface area contributed by atoms with Gasteiger partial charge in [0.2, 0.25) is 0 Å². The Balaban J connectivity index is 2.77. The Morgan fingerprint density at radius 3 is 2.27 bits per heavy atom. The Bertz CT molecular complexity index is 208. The highest BCUT2D eigenvalue weighted by atomic mass is 32.1. The molecule has 1 aromatic heterocycles. The first-order chi connectivity index (χ1) is 5.22. The van der Waals surface area contributed by atoms with Crippen molar-refractivity contribution in [2.45, 2.75) is 19.1 Å².